The molecular formula is C15H24N2O6S. The van der Waals surface area contributed by atoms with Gasteiger partial charge in [0.1, 0.15) is 6.04 Å². The Labute approximate surface area is 142 Å². The number of hydrogen-bond donors (Lipinski definition) is 2. The molecule has 0 saturated carbocycles. The number of aliphatic carboxylic acids is 1. The lowest BCUT2D eigenvalue weighted by molar-refractivity contribution is -0.138. The van der Waals surface area contributed by atoms with E-state index in [2.05, 4.69) is 4.72 Å². The smallest absolute Gasteiger partial charge is 0.322 e. The summed E-state index contributed by atoms with van der Waals surface area (Å²) in [6, 6.07) is 7.58. The molecular weight excluding hydrogens is 336 g/mol. The van der Waals surface area contributed by atoms with Gasteiger partial charge in [-0.15, -0.1) is 0 Å². The van der Waals surface area contributed by atoms with E-state index in [1.807, 2.05) is 0 Å². The first-order chi connectivity index (χ1) is 11.4. The van der Waals surface area contributed by atoms with Gasteiger partial charge in [-0.25, -0.2) is 0 Å². The molecule has 8 nitrogen and oxygen atoms in total. The largest absolute Gasteiger partial charge is 0.480 e. The van der Waals surface area contributed by atoms with Crippen LogP contribution in [0.25, 0.3) is 0 Å². The molecule has 0 spiro atoms. The summed E-state index contributed by atoms with van der Waals surface area (Å²) in [5.74, 6) is -1.24. The monoisotopic (exact) mass is 360 g/mol. The molecule has 0 radical (unpaired) electrons. The number of carboxylic acid groups (broad SMARTS) is 1. The summed E-state index contributed by atoms with van der Waals surface area (Å²) in [6.45, 7) is 0.599. The second-order valence-corrected chi connectivity index (χ2v) is 6.79. The Hall–Kier alpha value is -1.52. The third-order valence-corrected chi connectivity index (χ3v) is 4.93. The zero-order chi connectivity index (χ0) is 18.0. The van der Waals surface area contributed by atoms with Gasteiger partial charge in [-0.05, 0) is 12.0 Å². The van der Waals surface area contributed by atoms with Gasteiger partial charge in [-0.3, -0.25) is 4.79 Å². The Morgan fingerprint density at radius 1 is 1.17 bits per heavy atom. The summed E-state index contributed by atoms with van der Waals surface area (Å²) < 4.78 is 38.1. The highest BCUT2D eigenvalue weighted by molar-refractivity contribution is 7.87. The van der Waals surface area contributed by atoms with E-state index >= 15 is 0 Å². The van der Waals surface area contributed by atoms with Crippen LogP contribution in [0.4, 0.5) is 0 Å². The molecule has 0 aliphatic carbocycles. The van der Waals surface area contributed by atoms with E-state index in [0.717, 1.165) is 9.87 Å². The van der Waals surface area contributed by atoms with Gasteiger partial charge in [0.2, 0.25) is 0 Å². The summed E-state index contributed by atoms with van der Waals surface area (Å²) in [6.07, 6.45) is 0.0534. The lowest BCUT2D eigenvalue weighted by atomic mass is 10.1. The van der Waals surface area contributed by atoms with Crippen LogP contribution in [-0.2, 0) is 30.9 Å². The SMILES string of the molecule is COCCN(CCOC)S(=O)(=O)N[C@H](Cc1ccccc1)C(=O)O. The van der Waals surface area contributed by atoms with Crippen LogP contribution >= 0.6 is 0 Å². The van der Waals surface area contributed by atoms with Crippen molar-refractivity contribution in [3.63, 3.8) is 0 Å². The Morgan fingerprint density at radius 2 is 1.71 bits per heavy atom. The molecule has 1 aromatic carbocycles. The highest BCUT2D eigenvalue weighted by Gasteiger charge is 2.29. The molecule has 2 N–H and O–H groups in total. The quantitative estimate of drug-likeness (QED) is 0.548. The maximum Gasteiger partial charge on any atom is 0.322 e. The molecule has 24 heavy (non-hydrogen) atoms. The molecule has 1 aromatic rings. The lowest BCUT2D eigenvalue weighted by Gasteiger charge is -2.24. The maximum absolute atomic E-state index is 12.5. The first-order valence-corrected chi connectivity index (χ1v) is 8.86. The van der Waals surface area contributed by atoms with E-state index in [-0.39, 0.29) is 32.7 Å². The predicted molar refractivity (Wildman–Crippen MR) is 89.0 cm³/mol. The summed E-state index contributed by atoms with van der Waals surface area (Å²) in [5, 5.41) is 9.34. The van der Waals surface area contributed by atoms with Crippen LogP contribution in [0, 0.1) is 0 Å². The van der Waals surface area contributed by atoms with Gasteiger partial charge in [0.05, 0.1) is 13.2 Å². The van der Waals surface area contributed by atoms with E-state index in [1.165, 1.54) is 14.2 Å². The van der Waals surface area contributed by atoms with Crippen LogP contribution in [-0.4, -0.2) is 70.4 Å². The molecule has 9 heteroatoms. The van der Waals surface area contributed by atoms with Gasteiger partial charge in [0, 0.05) is 27.3 Å². The molecule has 0 saturated heterocycles. The summed E-state index contributed by atoms with van der Waals surface area (Å²) in [5.41, 5.74) is 0.730. The normalized spacial score (nSPS) is 13.1. The highest BCUT2D eigenvalue weighted by atomic mass is 32.2. The van der Waals surface area contributed by atoms with Crippen molar-refractivity contribution in [3.05, 3.63) is 35.9 Å². The Kier molecular flexibility index (Phi) is 8.87. The molecule has 0 unspecified atom stereocenters. The number of nitrogens with one attached hydrogen (secondary N) is 1. The number of rotatable bonds is 12. The van der Waals surface area contributed by atoms with Gasteiger partial charge in [-0.1, -0.05) is 30.3 Å². The summed E-state index contributed by atoms with van der Waals surface area (Å²) >= 11 is 0. The Morgan fingerprint density at radius 3 is 2.17 bits per heavy atom. The Balaban J connectivity index is 2.85. The molecule has 0 heterocycles. The molecule has 0 bridgehead atoms. The average molecular weight is 360 g/mol. The van der Waals surface area contributed by atoms with Crippen molar-refractivity contribution in [1.29, 1.82) is 0 Å². The average Bonchev–Trinajstić information content (AvgIpc) is 2.54. The van der Waals surface area contributed by atoms with Crippen molar-refractivity contribution in [3.8, 4) is 0 Å². The number of carboxylic acids is 1. The lowest BCUT2D eigenvalue weighted by Crippen LogP contribution is -2.50. The van der Waals surface area contributed by atoms with Gasteiger partial charge in [0.25, 0.3) is 10.2 Å². The fraction of sp³-hybridized carbons (Fsp3) is 0.533. The molecule has 0 aliphatic heterocycles. The third-order valence-electron chi connectivity index (χ3n) is 3.30. The van der Waals surface area contributed by atoms with Gasteiger partial charge >= 0.3 is 5.97 Å². The first kappa shape index (κ1) is 20.5. The predicted octanol–water partition coefficient (Wildman–Crippen LogP) is 0.112. The van der Waals surface area contributed by atoms with Crippen LogP contribution in [0.1, 0.15) is 5.56 Å². The van der Waals surface area contributed by atoms with Crippen molar-refractivity contribution in [2.45, 2.75) is 12.5 Å². The zero-order valence-electron chi connectivity index (χ0n) is 13.8. The zero-order valence-corrected chi connectivity index (χ0v) is 14.7. The molecule has 1 atom stereocenters. The van der Waals surface area contributed by atoms with E-state index in [9.17, 15) is 18.3 Å². The molecule has 0 fully saturated rings. The number of ether oxygens (including phenoxy) is 2. The number of benzene rings is 1. The number of carbonyl (C=O) groups is 1. The fourth-order valence-electron chi connectivity index (χ4n) is 2.02. The van der Waals surface area contributed by atoms with E-state index in [4.69, 9.17) is 9.47 Å². The van der Waals surface area contributed by atoms with E-state index < -0.39 is 22.2 Å². The number of methoxy groups -OCH3 is 2. The number of hydrogen-bond acceptors (Lipinski definition) is 5. The standard InChI is InChI=1S/C15H24N2O6S/c1-22-10-8-17(9-11-23-2)24(20,21)16-14(15(18)19)12-13-6-4-3-5-7-13/h3-7,14,16H,8-12H2,1-2H3,(H,18,19)/t14-/m1/s1. The molecule has 0 amide bonds. The molecule has 0 aliphatic rings. The third kappa shape index (κ3) is 6.93. The second-order valence-electron chi connectivity index (χ2n) is 5.09. The molecule has 0 aromatic heterocycles. The van der Waals surface area contributed by atoms with Crippen molar-refractivity contribution in [2.75, 3.05) is 40.5 Å². The van der Waals surface area contributed by atoms with Crippen molar-refractivity contribution < 1.29 is 27.8 Å². The van der Waals surface area contributed by atoms with Gasteiger partial charge in [0.15, 0.2) is 0 Å². The highest BCUT2D eigenvalue weighted by Crippen LogP contribution is 2.07. The summed E-state index contributed by atoms with van der Waals surface area (Å²) in [7, 11) is -1.06. The maximum atomic E-state index is 12.5. The minimum atomic E-state index is -3.99. The fourth-order valence-corrected chi connectivity index (χ4v) is 3.34. The minimum absolute atomic E-state index is 0.0534. The minimum Gasteiger partial charge on any atom is -0.480 e. The van der Waals surface area contributed by atoms with Crippen molar-refractivity contribution in [2.24, 2.45) is 0 Å². The van der Waals surface area contributed by atoms with E-state index in [1.54, 1.807) is 30.3 Å². The number of nitrogens with zero attached hydrogens (tertiary/aromatic N) is 1. The van der Waals surface area contributed by atoms with Crippen LogP contribution in [0.15, 0.2) is 30.3 Å². The van der Waals surface area contributed by atoms with Crippen LogP contribution in [0.2, 0.25) is 0 Å². The van der Waals surface area contributed by atoms with Crippen LogP contribution in [0.5, 0.6) is 0 Å². The molecule has 136 valence electrons. The van der Waals surface area contributed by atoms with Crippen LogP contribution < -0.4 is 4.72 Å². The van der Waals surface area contributed by atoms with Gasteiger partial charge in [-0.2, -0.15) is 17.4 Å². The van der Waals surface area contributed by atoms with Crippen molar-refractivity contribution >= 4 is 16.2 Å². The van der Waals surface area contributed by atoms with E-state index in [0.29, 0.717) is 0 Å². The van der Waals surface area contributed by atoms with Crippen LogP contribution in [0.3, 0.4) is 0 Å². The Bertz CT molecular complexity index is 585. The summed E-state index contributed by atoms with van der Waals surface area (Å²) in [4.78, 5) is 11.4. The topological polar surface area (TPSA) is 105 Å². The second kappa shape index (κ2) is 10.4. The van der Waals surface area contributed by atoms with Gasteiger partial charge < -0.3 is 14.6 Å². The molecule has 1 rings (SSSR count). The first-order valence-electron chi connectivity index (χ1n) is 7.42. The van der Waals surface area contributed by atoms with Crippen molar-refractivity contribution in [1.82, 2.24) is 9.03 Å².